The van der Waals surface area contributed by atoms with E-state index in [-0.39, 0.29) is 24.4 Å². The number of anilines is 1. The van der Waals surface area contributed by atoms with Crippen LogP contribution < -0.4 is 11.3 Å². The molecule has 218 valence electrons. The van der Waals surface area contributed by atoms with E-state index in [1.165, 1.54) is 6.33 Å². The highest BCUT2D eigenvalue weighted by atomic mass is 16.8. The van der Waals surface area contributed by atoms with E-state index in [4.69, 9.17) is 29.4 Å². The third-order valence-electron chi connectivity index (χ3n) is 6.69. The van der Waals surface area contributed by atoms with Gasteiger partial charge in [-0.3, -0.25) is 14.3 Å². The summed E-state index contributed by atoms with van der Waals surface area (Å²) in [6.45, 7) is 6.47. The lowest BCUT2D eigenvalue weighted by Gasteiger charge is -2.24. The second-order valence-electron chi connectivity index (χ2n) is 10.2. The van der Waals surface area contributed by atoms with Crippen molar-refractivity contribution in [2.24, 2.45) is 0 Å². The van der Waals surface area contributed by atoms with Crippen LogP contribution in [0.5, 0.6) is 0 Å². The first-order chi connectivity index (χ1) is 19.7. The molecule has 4 N–H and O–H groups in total. The normalized spacial score (nSPS) is 23.0. The molecule has 0 aliphatic carbocycles. The topological polar surface area (TPSA) is 156 Å². The summed E-state index contributed by atoms with van der Waals surface area (Å²) >= 11 is 0. The molecular formula is C29H35N5O7. The number of hydrogen-bond donors (Lipinski definition) is 3. The number of rotatable bonds is 8. The highest BCUT2D eigenvalue weighted by Gasteiger charge is 2.56. The predicted molar refractivity (Wildman–Crippen MR) is 149 cm³/mol. The first-order valence-electron chi connectivity index (χ1n) is 13.4. The van der Waals surface area contributed by atoms with Crippen LogP contribution in [-0.2, 0) is 36.9 Å². The number of imidazole rings is 1. The molecule has 12 nitrogen and oxygen atoms in total. The molecule has 4 heterocycles. The number of aliphatic hydroxyl groups is 1. The Kier molecular flexibility index (Phi) is 8.78. The SMILES string of the molecule is CC(OCc1ccccc1)OCc1ccccc1.CC1(C)OC2C(CO)OC(n3cnc4c(=O)[nH]c(N)nc43)C2O1. The molecule has 2 aromatic carbocycles. The number of nitrogens with one attached hydrogen (secondary N) is 1. The van der Waals surface area contributed by atoms with E-state index in [1.54, 1.807) is 18.4 Å². The van der Waals surface area contributed by atoms with Gasteiger partial charge in [0.05, 0.1) is 26.1 Å². The lowest BCUT2D eigenvalue weighted by atomic mass is 10.1. The number of nitrogens with two attached hydrogens (primary N) is 1. The van der Waals surface area contributed by atoms with Gasteiger partial charge in [0, 0.05) is 0 Å². The van der Waals surface area contributed by atoms with Gasteiger partial charge in [0.15, 0.2) is 29.5 Å². The highest BCUT2D eigenvalue weighted by Crippen LogP contribution is 2.43. The summed E-state index contributed by atoms with van der Waals surface area (Å²) in [5.74, 6) is -0.799. The lowest BCUT2D eigenvalue weighted by molar-refractivity contribution is -0.199. The molecule has 12 heteroatoms. The number of hydrogen-bond acceptors (Lipinski definition) is 10. The van der Waals surface area contributed by atoms with Gasteiger partial charge < -0.3 is 34.5 Å². The van der Waals surface area contributed by atoms with E-state index in [1.807, 2.05) is 67.6 Å². The molecule has 0 saturated carbocycles. The van der Waals surface area contributed by atoms with Crippen LogP contribution in [0.2, 0.25) is 0 Å². The summed E-state index contributed by atoms with van der Waals surface area (Å²) in [7, 11) is 0. The number of aromatic nitrogens is 4. The Morgan fingerprint density at radius 2 is 1.61 bits per heavy atom. The maximum atomic E-state index is 11.9. The largest absolute Gasteiger partial charge is 0.394 e. The smallest absolute Gasteiger partial charge is 0.280 e. The van der Waals surface area contributed by atoms with E-state index in [0.29, 0.717) is 18.9 Å². The van der Waals surface area contributed by atoms with Gasteiger partial charge in [-0.15, -0.1) is 0 Å². The van der Waals surface area contributed by atoms with Crippen molar-refractivity contribution in [3.63, 3.8) is 0 Å². The minimum atomic E-state index is -0.787. The van der Waals surface area contributed by atoms with Gasteiger partial charge in [-0.25, -0.2) is 4.98 Å². The lowest BCUT2D eigenvalue weighted by Crippen LogP contribution is -2.31. The van der Waals surface area contributed by atoms with Gasteiger partial charge in [-0.05, 0) is 31.9 Å². The number of fused-ring (bicyclic) bond motifs is 2. The number of aromatic amines is 1. The molecule has 0 radical (unpaired) electrons. The summed E-state index contributed by atoms with van der Waals surface area (Å²) in [4.78, 5) is 22.5. The van der Waals surface area contributed by atoms with Crippen molar-refractivity contribution in [3.8, 4) is 0 Å². The van der Waals surface area contributed by atoms with Crippen molar-refractivity contribution in [1.82, 2.24) is 19.5 Å². The molecule has 2 fully saturated rings. The zero-order valence-electron chi connectivity index (χ0n) is 23.2. The minimum Gasteiger partial charge on any atom is -0.394 e. The molecule has 6 rings (SSSR count). The maximum absolute atomic E-state index is 11.9. The van der Waals surface area contributed by atoms with Crippen molar-refractivity contribution >= 4 is 17.1 Å². The Balaban J connectivity index is 0.000000170. The summed E-state index contributed by atoms with van der Waals surface area (Å²) in [5.41, 5.74) is 7.95. The molecule has 0 amide bonds. The standard InChI is InChI=1S/C16H18O2.C13H17N5O5/c1-14(17-12-15-8-4-2-5-9-15)18-13-16-10-6-3-7-11-16;1-13(2)22-7-5(3-19)21-11(8(7)23-13)18-4-15-6-9(18)16-12(14)17-10(6)20/h2-11,14H,12-13H2,1H3;4-5,7-8,11,19H,3H2,1-2H3,(H3,14,16,17,20). The molecule has 2 aliphatic heterocycles. The highest BCUT2D eigenvalue weighted by molar-refractivity contribution is 5.70. The number of H-pyrrole nitrogens is 1. The third-order valence-corrected chi connectivity index (χ3v) is 6.69. The molecule has 0 spiro atoms. The Labute approximate surface area is 237 Å². The van der Waals surface area contributed by atoms with Crippen LogP contribution in [0.1, 0.15) is 38.1 Å². The van der Waals surface area contributed by atoms with Crippen LogP contribution in [0.4, 0.5) is 5.95 Å². The van der Waals surface area contributed by atoms with Crippen LogP contribution in [0.3, 0.4) is 0 Å². The summed E-state index contributed by atoms with van der Waals surface area (Å²) in [6.07, 6.45) is -0.798. The number of aliphatic hydroxyl groups excluding tert-OH is 1. The van der Waals surface area contributed by atoms with E-state index >= 15 is 0 Å². The Bertz CT molecular complexity index is 1430. The fourth-order valence-electron chi connectivity index (χ4n) is 4.78. The molecule has 2 aromatic heterocycles. The number of nitrogen functional groups attached to an aromatic ring is 1. The number of benzene rings is 2. The molecule has 2 saturated heterocycles. The molecule has 2 aliphatic rings. The van der Waals surface area contributed by atoms with Crippen LogP contribution in [-0.4, -0.2) is 61.6 Å². The second kappa shape index (κ2) is 12.5. The number of nitrogens with zero attached hydrogens (tertiary/aromatic N) is 3. The van der Waals surface area contributed by atoms with Gasteiger partial charge in [-0.2, -0.15) is 4.98 Å². The Morgan fingerprint density at radius 1 is 1.02 bits per heavy atom. The Morgan fingerprint density at radius 3 is 2.20 bits per heavy atom. The predicted octanol–water partition coefficient (Wildman–Crippen LogP) is 2.88. The van der Waals surface area contributed by atoms with Gasteiger partial charge in [0.2, 0.25) is 5.95 Å². The summed E-state index contributed by atoms with van der Waals surface area (Å²) in [6, 6.07) is 20.2. The van der Waals surface area contributed by atoms with Crippen molar-refractivity contribution in [1.29, 1.82) is 0 Å². The molecule has 41 heavy (non-hydrogen) atoms. The van der Waals surface area contributed by atoms with E-state index in [2.05, 4.69) is 15.0 Å². The van der Waals surface area contributed by atoms with Gasteiger partial charge >= 0.3 is 0 Å². The molecule has 4 unspecified atom stereocenters. The van der Waals surface area contributed by atoms with Gasteiger partial charge in [0.1, 0.15) is 18.3 Å². The molecular weight excluding hydrogens is 530 g/mol. The minimum absolute atomic E-state index is 0.0126. The van der Waals surface area contributed by atoms with Crippen molar-refractivity contribution in [3.05, 3.63) is 88.5 Å². The fourth-order valence-corrected chi connectivity index (χ4v) is 4.78. The second-order valence-corrected chi connectivity index (χ2v) is 10.2. The number of ether oxygens (including phenoxy) is 5. The van der Waals surface area contributed by atoms with Crippen LogP contribution in [0.25, 0.3) is 11.2 Å². The van der Waals surface area contributed by atoms with E-state index in [9.17, 15) is 9.90 Å². The van der Waals surface area contributed by atoms with Gasteiger partial charge in [-0.1, -0.05) is 60.7 Å². The zero-order valence-corrected chi connectivity index (χ0v) is 23.2. The molecule has 0 bridgehead atoms. The van der Waals surface area contributed by atoms with Crippen molar-refractivity contribution < 1.29 is 28.8 Å². The summed E-state index contributed by atoms with van der Waals surface area (Å²) < 4.78 is 30.4. The molecule has 4 aromatic rings. The molecule has 4 atom stereocenters. The average Bonchev–Trinajstić information content (AvgIpc) is 3.62. The first-order valence-corrected chi connectivity index (χ1v) is 13.4. The van der Waals surface area contributed by atoms with Crippen LogP contribution in [0, 0.1) is 0 Å². The van der Waals surface area contributed by atoms with Crippen LogP contribution >= 0.6 is 0 Å². The van der Waals surface area contributed by atoms with Gasteiger partial charge in [0.25, 0.3) is 5.56 Å². The monoisotopic (exact) mass is 565 g/mol. The average molecular weight is 566 g/mol. The zero-order chi connectivity index (χ0) is 29.0. The van der Waals surface area contributed by atoms with Crippen molar-refractivity contribution in [2.75, 3.05) is 12.3 Å². The van der Waals surface area contributed by atoms with Crippen LogP contribution in [0.15, 0.2) is 71.8 Å². The quantitative estimate of drug-likeness (QED) is 0.272. The van der Waals surface area contributed by atoms with E-state index < -0.39 is 35.9 Å². The first kappa shape index (κ1) is 28.9. The fraction of sp³-hybridized carbons (Fsp3) is 0.414. The third kappa shape index (κ3) is 6.81. The van der Waals surface area contributed by atoms with Crippen molar-refractivity contribution in [2.45, 2.75) is 70.6 Å². The maximum Gasteiger partial charge on any atom is 0.280 e. The van der Waals surface area contributed by atoms with E-state index in [0.717, 1.165) is 11.1 Å². The Hall–Kier alpha value is -3.65. The summed E-state index contributed by atoms with van der Waals surface area (Å²) in [5, 5.41) is 9.52.